The van der Waals surface area contributed by atoms with Crippen molar-refractivity contribution in [1.29, 1.82) is 0 Å². The maximum atomic E-state index is 6.21. The monoisotopic (exact) mass is 3060 g/mol. The molecule has 0 aliphatic rings. The Morgan fingerprint density at radius 1 is 0.400 bits per heavy atom. The van der Waals surface area contributed by atoms with Crippen LogP contribution in [0.5, 0.6) is 0 Å². The molecule has 0 aromatic rings. The van der Waals surface area contributed by atoms with Crippen molar-refractivity contribution in [2.24, 2.45) is 0 Å². The Morgan fingerprint density at radius 3 is 0.880 bits per heavy atom. The van der Waals surface area contributed by atoms with E-state index < -0.39 is 86.8 Å². The Balaban J connectivity index is 4.98. The van der Waals surface area contributed by atoms with E-state index in [2.05, 4.69) is 223 Å². The van der Waals surface area contributed by atoms with Gasteiger partial charge in [-0.1, -0.05) is 0 Å². The first-order valence-electron chi connectivity index (χ1n) is 3.50. The third kappa shape index (κ3) is 18.4. The molecule has 0 aromatic heterocycles. The summed E-state index contributed by atoms with van der Waals surface area (Å²) < 4.78 is 0. The van der Waals surface area contributed by atoms with E-state index in [9.17, 15) is 0 Å². The molecule has 0 N–H and O–H groups in total. The molecule has 0 saturated carbocycles. The molecule has 0 saturated heterocycles. The summed E-state index contributed by atoms with van der Waals surface area (Å²) in [6, 6.07) is 0. The summed E-state index contributed by atoms with van der Waals surface area (Å²) in [6.07, 6.45) is 0. The molecule has 0 spiro atoms. The van der Waals surface area contributed by atoms with Gasteiger partial charge in [0.1, 0.15) is 0 Å². The fraction of sp³-hybridized carbons (Fsp3) is 0. The Labute approximate surface area is 314 Å². The second kappa shape index (κ2) is 25.7. The third-order valence-electron chi connectivity index (χ3n) is 0.879. The van der Waals surface area contributed by atoms with E-state index in [1.54, 1.807) is 0 Å². The molecule has 0 aliphatic heterocycles. The number of halogens is 24. The predicted molar refractivity (Wildman–Crippen MR) is 328 cm³/mol. The van der Waals surface area contributed by atoms with Gasteiger partial charge in [-0.25, -0.2) is 0 Å². The van der Waals surface area contributed by atoms with Gasteiger partial charge in [0.05, 0.1) is 0 Å². The average Bonchev–Trinajstić information content (AvgIpc) is 2.61. The zero-order chi connectivity index (χ0) is 20.1. The molecule has 0 unspecified atom stereocenters. The summed E-state index contributed by atoms with van der Waals surface area (Å²) >= 11 is 37.3. The number of hydrogen-bond acceptors (Lipinski definition) is 0. The minimum atomic E-state index is -0.556. The van der Waals surface area contributed by atoms with Crippen LogP contribution in [-0.4, -0.2) is 5.70 Å². The predicted octanol–water partition coefficient (Wildman–Crippen LogP) is 17.0. The fourth-order valence-corrected chi connectivity index (χ4v) is 3820. The van der Waals surface area contributed by atoms with Crippen LogP contribution in [0.25, 0.3) is 0 Å². The summed E-state index contributed by atoms with van der Waals surface area (Å²) in [4.78, 5) is 0. The molecule has 0 aliphatic carbocycles. The first-order chi connectivity index (χ1) is 11.4. The van der Waals surface area contributed by atoms with Crippen molar-refractivity contribution in [3.8, 4) is 0 Å². The zero-order valence-corrected chi connectivity index (χ0v) is 61.4. The van der Waals surface area contributed by atoms with Crippen LogP contribution < -0.4 is 17.0 Å². The van der Waals surface area contributed by atoms with Gasteiger partial charge in [-0.2, -0.15) is 0 Å². The van der Waals surface area contributed by atoms with Crippen molar-refractivity contribution in [1.82, 2.24) is 0 Å². The van der Waals surface area contributed by atoms with Crippen molar-refractivity contribution in [3.05, 3.63) is 0 Å². The van der Waals surface area contributed by atoms with Gasteiger partial charge in [0.2, 0.25) is 0 Å². The van der Waals surface area contributed by atoms with E-state index >= 15 is 0 Å². The van der Waals surface area contributed by atoms with E-state index in [1.165, 1.54) is 0 Å². The summed E-state index contributed by atoms with van der Waals surface area (Å²) in [5.41, 5.74) is 6.21. The number of rotatable bonds is 11. The van der Waals surface area contributed by atoms with E-state index in [1.807, 2.05) is 0 Å². The van der Waals surface area contributed by atoms with E-state index in [-0.39, 0.29) is 17.0 Å². The van der Waals surface area contributed by atoms with Crippen molar-refractivity contribution in [2.45, 2.75) is 0 Å². The molecule has 172 valence electrons. The SMILES string of the molecule is [B][I-]I(I)I(I)I(I)I(I)I(I)I(I)I(I)I(I)I(I)I(I)I(I)I. The Morgan fingerprint density at radius 2 is 0.640 bits per heavy atom. The molecule has 0 bridgehead atoms. The molecular weight excluding hydrogens is 3060 g/mol. The molecule has 0 atom stereocenters. The summed E-state index contributed by atoms with van der Waals surface area (Å²) in [5.74, 6) is 0. The minimum absolute atomic E-state index is 0.178. The van der Waals surface area contributed by atoms with Crippen LogP contribution in [0.2, 0.25) is 0 Å². The second-order valence-corrected chi connectivity index (χ2v) is 542. The second-order valence-electron chi connectivity index (χ2n) is 1.86. The van der Waals surface area contributed by atoms with Crippen LogP contribution in [0.15, 0.2) is 0 Å². The van der Waals surface area contributed by atoms with Crippen LogP contribution in [0.3, 0.4) is 0 Å². The molecule has 2 radical (unpaired) electrons. The van der Waals surface area contributed by atoms with E-state index in [0.29, 0.717) is 0 Å². The van der Waals surface area contributed by atoms with Crippen LogP contribution in [-0.2, 0) is 0 Å². The van der Waals surface area contributed by atoms with E-state index in [0.717, 1.165) is 0 Å². The summed E-state index contributed by atoms with van der Waals surface area (Å²) in [7, 11) is -5.21. The van der Waals surface area contributed by atoms with Crippen molar-refractivity contribution < 1.29 is 17.0 Å². The Kier molecular flexibility index (Phi) is 43.8. The van der Waals surface area contributed by atoms with Gasteiger partial charge in [-0.3, -0.25) is 0 Å². The van der Waals surface area contributed by atoms with Gasteiger partial charge in [0, 0.05) is 0 Å². The first kappa shape index (κ1) is 42.6. The molecule has 0 nitrogen and oxygen atoms in total. The van der Waals surface area contributed by atoms with Gasteiger partial charge in [-0.15, -0.1) is 0 Å². The molecule has 0 heterocycles. The van der Waals surface area contributed by atoms with Gasteiger partial charge >= 0.3 is 333 Å². The summed E-state index contributed by atoms with van der Waals surface area (Å²) in [5, 5.41) is 0. The topological polar surface area (TPSA) is 0 Å². The van der Waals surface area contributed by atoms with Crippen LogP contribution >= 0.6 is 310 Å². The molecule has 0 amide bonds. The normalized spacial score (nSPS) is 18.0. The van der Waals surface area contributed by atoms with Gasteiger partial charge in [-0.05, 0) is 0 Å². The summed E-state index contributed by atoms with van der Waals surface area (Å²) in [6.45, 7) is 0. The first-order valence-corrected chi connectivity index (χ1v) is 149. The number of hydrogen-bond donors (Lipinski definition) is 0. The van der Waals surface area contributed by atoms with Crippen LogP contribution in [0.4, 0.5) is 0 Å². The molecule has 0 rings (SSSR count). The maximum absolute atomic E-state index is 6.21. The quantitative estimate of drug-likeness (QED) is 0.143. The Bertz CT molecular complexity index is 350. The average molecular weight is 3060 g/mol. The Hall–Kier alpha value is 17.6. The molecule has 0 aromatic carbocycles. The zero-order valence-electron chi connectivity index (χ0n) is 9.65. The van der Waals surface area contributed by atoms with E-state index in [4.69, 9.17) is 5.70 Å². The van der Waals surface area contributed by atoms with Crippen molar-refractivity contribution in [2.75, 3.05) is 0 Å². The van der Waals surface area contributed by atoms with Gasteiger partial charge in [0.15, 0.2) is 0 Å². The third-order valence-corrected chi connectivity index (χ3v) is 1670. The molecular formula is BI24-. The molecule has 25 heavy (non-hydrogen) atoms. The van der Waals surface area contributed by atoms with Crippen molar-refractivity contribution in [3.63, 3.8) is 0 Å². The van der Waals surface area contributed by atoms with Crippen LogP contribution in [0.1, 0.15) is 0 Å². The standard InChI is InChI=1S/BI24/c1-14-16(4)18(6)20(8)22(10)24(12)25(13)23(11)21(9)19(7)17(5)15(2)3/q-1. The van der Waals surface area contributed by atoms with Crippen LogP contribution in [0, 0.1) is 0 Å². The van der Waals surface area contributed by atoms with Gasteiger partial charge in [0.25, 0.3) is 0 Å². The fourth-order valence-electron chi connectivity index (χ4n) is 0.301. The molecule has 25 heteroatoms. The molecule has 0 fully saturated rings. The van der Waals surface area contributed by atoms with Gasteiger partial charge < -0.3 is 0 Å². The van der Waals surface area contributed by atoms with Crippen molar-refractivity contribution >= 4 is 316 Å².